The third-order valence-corrected chi connectivity index (χ3v) is 4.55. The summed E-state index contributed by atoms with van der Waals surface area (Å²) in [6.45, 7) is 19.1. The first-order valence-corrected chi connectivity index (χ1v) is 10.6. The third kappa shape index (κ3) is 10.7. The number of nitrogens with zero attached hydrogens (tertiary/aromatic N) is 2. The smallest absolute Gasteiger partial charge is 0.408 e. The molecule has 1 heterocycles. The Labute approximate surface area is 172 Å². The first-order valence-electron chi connectivity index (χ1n) is 10.6. The molecule has 0 spiro atoms. The van der Waals surface area contributed by atoms with Gasteiger partial charge in [-0.25, -0.2) is 4.79 Å². The zero-order valence-corrected chi connectivity index (χ0v) is 19.3. The molecular weight excluding hydrogens is 354 g/mol. The standard InChI is InChI=1S/C21H43N5O2/c1-16(2)13-26-11-9-10-17(14-26)12-23-18(22-8)24-15-21(6,7)25-19(27)28-20(3,4)5/h16-17H,9-15H2,1-8H3,(H,25,27)(H2,22,23,24). The lowest BCUT2D eigenvalue weighted by Gasteiger charge is -2.34. The van der Waals surface area contributed by atoms with Crippen LogP contribution < -0.4 is 16.0 Å². The molecule has 3 N–H and O–H groups in total. The van der Waals surface area contributed by atoms with Gasteiger partial charge in [0.1, 0.15) is 5.60 Å². The second kappa shape index (κ2) is 10.9. The first-order chi connectivity index (χ1) is 12.9. The van der Waals surface area contributed by atoms with E-state index in [2.05, 4.69) is 39.7 Å². The van der Waals surface area contributed by atoms with Gasteiger partial charge in [-0.05, 0) is 65.8 Å². The van der Waals surface area contributed by atoms with Crippen molar-refractivity contribution >= 4 is 12.1 Å². The fourth-order valence-corrected chi connectivity index (χ4v) is 3.39. The van der Waals surface area contributed by atoms with Gasteiger partial charge >= 0.3 is 6.09 Å². The van der Waals surface area contributed by atoms with Crippen molar-refractivity contribution in [3.8, 4) is 0 Å². The third-order valence-electron chi connectivity index (χ3n) is 4.55. The van der Waals surface area contributed by atoms with E-state index in [9.17, 15) is 4.79 Å². The lowest BCUT2D eigenvalue weighted by molar-refractivity contribution is 0.0474. The first kappa shape index (κ1) is 24.5. The molecule has 1 atom stereocenters. The van der Waals surface area contributed by atoms with E-state index in [1.54, 1.807) is 7.05 Å². The minimum Gasteiger partial charge on any atom is -0.444 e. The predicted molar refractivity (Wildman–Crippen MR) is 117 cm³/mol. The van der Waals surface area contributed by atoms with E-state index in [4.69, 9.17) is 4.74 Å². The van der Waals surface area contributed by atoms with Gasteiger partial charge in [0.05, 0.1) is 5.54 Å². The Morgan fingerprint density at radius 2 is 1.89 bits per heavy atom. The van der Waals surface area contributed by atoms with Crippen LogP contribution in [0.4, 0.5) is 4.79 Å². The normalized spacial score (nSPS) is 19.5. The van der Waals surface area contributed by atoms with Gasteiger partial charge in [-0.15, -0.1) is 0 Å². The van der Waals surface area contributed by atoms with Crippen LogP contribution in [-0.4, -0.2) is 67.9 Å². The Morgan fingerprint density at radius 3 is 2.46 bits per heavy atom. The molecule has 1 aliphatic rings. The van der Waals surface area contributed by atoms with Crippen LogP contribution in [0.2, 0.25) is 0 Å². The fraction of sp³-hybridized carbons (Fsp3) is 0.905. The second-order valence-electron chi connectivity index (χ2n) is 9.98. The molecule has 0 aliphatic carbocycles. The lowest BCUT2D eigenvalue weighted by Crippen LogP contribution is -2.54. The van der Waals surface area contributed by atoms with Gasteiger partial charge < -0.3 is 25.6 Å². The summed E-state index contributed by atoms with van der Waals surface area (Å²) in [7, 11) is 1.77. The van der Waals surface area contributed by atoms with Crippen molar-refractivity contribution in [3.05, 3.63) is 0 Å². The molecule has 1 saturated heterocycles. The number of nitrogens with one attached hydrogen (secondary N) is 3. The number of guanidine groups is 1. The molecule has 164 valence electrons. The quantitative estimate of drug-likeness (QED) is 0.455. The molecule has 0 aromatic rings. The van der Waals surface area contributed by atoms with Crippen LogP contribution in [0.3, 0.4) is 0 Å². The summed E-state index contributed by atoms with van der Waals surface area (Å²) in [6.07, 6.45) is 2.11. The van der Waals surface area contributed by atoms with Crippen molar-refractivity contribution in [2.75, 3.05) is 39.8 Å². The van der Waals surface area contributed by atoms with E-state index in [1.165, 1.54) is 25.9 Å². The highest BCUT2D eigenvalue weighted by atomic mass is 16.6. The number of carbonyl (C=O) groups excluding carboxylic acids is 1. The molecule has 7 nitrogen and oxygen atoms in total. The molecule has 7 heteroatoms. The number of rotatable bonds is 7. The molecule has 0 radical (unpaired) electrons. The molecule has 1 aliphatic heterocycles. The van der Waals surface area contributed by atoms with Gasteiger partial charge in [-0.2, -0.15) is 0 Å². The Hall–Kier alpha value is -1.50. The minimum absolute atomic E-state index is 0.408. The van der Waals surface area contributed by atoms with E-state index < -0.39 is 17.2 Å². The van der Waals surface area contributed by atoms with Crippen LogP contribution >= 0.6 is 0 Å². The summed E-state index contributed by atoms with van der Waals surface area (Å²) in [5, 5.41) is 9.67. The van der Waals surface area contributed by atoms with E-state index in [0.29, 0.717) is 18.4 Å². The van der Waals surface area contributed by atoms with Crippen LogP contribution in [0.25, 0.3) is 0 Å². The topological polar surface area (TPSA) is 78.0 Å². The summed E-state index contributed by atoms with van der Waals surface area (Å²) in [4.78, 5) is 18.9. The predicted octanol–water partition coefficient (Wildman–Crippen LogP) is 2.82. The Bertz CT molecular complexity index is 511. The summed E-state index contributed by atoms with van der Waals surface area (Å²) < 4.78 is 5.34. The van der Waals surface area contributed by atoms with Crippen molar-refractivity contribution in [2.24, 2.45) is 16.8 Å². The van der Waals surface area contributed by atoms with Crippen LogP contribution in [0.1, 0.15) is 61.3 Å². The number of aliphatic imine (C=N–C) groups is 1. The number of amides is 1. The highest BCUT2D eigenvalue weighted by molar-refractivity contribution is 5.79. The van der Waals surface area contributed by atoms with Crippen molar-refractivity contribution in [1.29, 1.82) is 0 Å². The number of hydrogen-bond donors (Lipinski definition) is 3. The molecule has 0 bridgehead atoms. The zero-order chi connectivity index (χ0) is 21.4. The maximum atomic E-state index is 12.0. The molecule has 1 fully saturated rings. The molecule has 0 aromatic carbocycles. The van der Waals surface area contributed by atoms with Gasteiger partial charge in [-0.1, -0.05) is 13.8 Å². The fourth-order valence-electron chi connectivity index (χ4n) is 3.39. The molecule has 0 aromatic heterocycles. The average molecular weight is 398 g/mol. The monoisotopic (exact) mass is 397 g/mol. The van der Waals surface area contributed by atoms with Crippen molar-refractivity contribution < 1.29 is 9.53 Å². The van der Waals surface area contributed by atoms with Crippen LogP contribution in [0.15, 0.2) is 4.99 Å². The SMILES string of the molecule is CN=C(NCC1CCCN(CC(C)C)C1)NCC(C)(C)NC(=O)OC(C)(C)C. The van der Waals surface area contributed by atoms with E-state index in [1.807, 2.05) is 34.6 Å². The number of hydrogen-bond acceptors (Lipinski definition) is 4. The van der Waals surface area contributed by atoms with Crippen molar-refractivity contribution in [1.82, 2.24) is 20.9 Å². The van der Waals surface area contributed by atoms with Crippen LogP contribution in [-0.2, 0) is 4.74 Å². The van der Waals surface area contributed by atoms with Gasteiger partial charge in [-0.3, -0.25) is 4.99 Å². The largest absolute Gasteiger partial charge is 0.444 e. The molecule has 1 unspecified atom stereocenters. The zero-order valence-electron chi connectivity index (χ0n) is 19.3. The summed E-state index contributed by atoms with van der Waals surface area (Å²) in [5.41, 5.74) is -0.965. The number of alkyl carbamates (subject to hydrolysis) is 1. The maximum absolute atomic E-state index is 12.0. The lowest BCUT2D eigenvalue weighted by atomic mass is 9.97. The van der Waals surface area contributed by atoms with E-state index in [-0.39, 0.29) is 0 Å². The number of likely N-dealkylation sites (tertiary alicyclic amines) is 1. The maximum Gasteiger partial charge on any atom is 0.408 e. The van der Waals surface area contributed by atoms with Gasteiger partial charge in [0.2, 0.25) is 0 Å². The number of piperidine rings is 1. The summed E-state index contributed by atoms with van der Waals surface area (Å²) in [5.74, 6) is 2.11. The Balaban J connectivity index is 2.40. The Morgan fingerprint density at radius 1 is 1.21 bits per heavy atom. The number of carbonyl (C=O) groups is 1. The van der Waals surface area contributed by atoms with E-state index in [0.717, 1.165) is 19.0 Å². The highest BCUT2D eigenvalue weighted by Gasteiger charge is 2.25. The summed E-state index contributed by atoms with van der Waals surface area (Å²) >= 11 is 0. The summed E-state index contributed by atoms with van der Waals surface area (Å²) in [6, 6.07) is 0. The van der Waals surface area contributed by atoms with Crippen molar-refractivity contribution in [2.45, 2.75) is 72.4 Å². The van der Waals surface area contributed by atoms with Gasteiger partial charge in [0.15, 0.2) is 5.96 Å². The van der Waals surface area contributed by atoms with Gasteiger partial charge in [0.25, 0.3) is 0 Å². The van der Waals surface area contributed by atoms with Crippen LogP contribution in [0.5, 0.6) is 0 Å². The number of ether oxygens (including phenoxy) is 1. The Kier molecular flexibility index (Phi) is 9.54. The minimum atomic E-state index is -0.505. The highest BCUT2D eigenvalue weighted by Crippen LogP contribution is 2.16. The second-order valence-corrected chi connectivity index (χ2v) is 9.98. The molecule has 1 rings (SSSR count). The average Bonchev–Trinajstić information content (AvgIpc) is 2.52. The van der Waals surface area contributed by atoms with Crippen molar-refractivity contribution in [3.63, 3.8) is 0 Å². The van der Waals surface area contributed by atoms with E-state index >= 15 is 0 Å². The van der Waals surface area contributed by atoms with Gasteiger partial charge in [0, 0.05) is 33.2 Å². The molecule has 1 amide bonds. The molecule has 28 heavy (non-hydrogen) atoms. The molecule has 0 saturated carbocycles. The molecular formula is C21H43N5O2. The van der Waals surface area contributed by atoms with Crippen LogP contribution in [0, 0.1) is 11.8 Å².